The van der Waals surface area contributed by atoms with E-state index in [-0.39, 0.29) is 0 Å². The first-order chi connectivity index (χ1) is 12.9. The number of likely N-dealkylation sites (tertiary alicyclic amines) is 1. The molecule has 26 heavy (non-hydrogen) atoms. The number of benzene rings is 1. The highest BCUT2D eigenvalue weighted by molar-refractivity contribution is 5.33. The minimum Gasteiger partial charge on any atom is -0.341 e. The molecule has 5 rings (SSSR count). The molecule has 3 heterocycles. The molecule has 0 bridgehead atoms. The van der Waals surface area contributed by atoms with Gasteiger partial charge in [0.25, 0.3) is 0 Å². The van der Waals surface area contributed by atoms with Crippen LogP contribution >= 0.6 is 0 Å². The van der Waals surface area contributed by atoms with Crippen molar-refractivity contribution in [2.75, 3.05) is 31.1 Å². The maximum Gasteiger partial charge on any atom is 0.225 e. The molecule has 0 N–H and O–H groups in total. The van der Waals surface area contributed by atoms with Crippen molar-refractivity contribution in [2.24, 2.45) is 11.8 Å². The van der Waals surface area contributed by atoms with Gasteiger partial charge >= 0.3 is 0 Å². The minimum atomic E-state index is 0.746. The molecule has 2 aromatic rings. The number of nitrogens with zero attached hydrogens (tertiary/aromatic N) is 4. The zero-order valence-electron chi connectivity index (χ0n) is 15.4. The van der Waals surface area contributed by atoms with E-state index in [9.17, 15) is 0 Å². The Kier molecular flexibility index (Phi) is 4.37. The average molecular weight is 348 g/mol. The summed E-state index contributed by atoms with van der Waals surface area (Å²) in [5.41, 5.74) is 3.16. The van der Waals surface area contributed by atoms with E-state index < -0.39 is 0 Å². The first-order valence-electron chi connectivity index (χ1n) is 10.2. The molecule has 1 atom stereocenters. The van der Waals surface area contributed by atoms with E-state index in [1.54, 1.807) is 11.1 Å². The predicted molar refractivity (Wildman–Crippen MR) is 104 cm³/mol. The summed E-state index contributed by atoms with van der Waals surface area (Å²) in [6.45, 7) is 4.83. The second-order valence-electron chi connectivity index (χ2n) is 8.25. The van der Waals surface area contributed by atoms with Gasteiger partial charge in [0.2, 0.25) is 5.95 Å². The van der Waals surface area contributed by atoms with Crippen LogP contribution in [0.4, 0.5) is 5.95 Å². The summed E-state index contributed by atoms with van der Waals surface area (Å²) < 4.78 is 0. The number of anilines is 1. The zero-order chi connectivity index (χ0) is 17.3. The molecule has 0 unspecified atom stereocenters. The first-order valence-corrected chi connectivity index (χ1v) is 10.2. The van der Waals surface area contributed by atoms with Gasteiger partial charge in [-0.1, -0.05) is 24.3 Å². The molecule has 0 radical (unpaired) electrons. The third-order valence-electron chi connectivity index (χ3n) is 6.84. The Bertz CT molecular complexity index is 714. The molecule has 0 saturated carbocycles. The lowest BCUT2D eigenvalue weighted by Gasteiger charge is -2.35. The van der Waals surface area contributed by atoms with Crippen molar-refractivity contribution in [3.8, 4) is 0 Å². The van der Waals surface area contributed by atoms with Crippen molar-refractivity contribution in [3.05, 3.63) is 53.9 Å². The van der Waals surface area contributed by atoms with Crippen LogP contribution in [0.5, 0.6) is 0 Å². The number of rotatable bonds is 3. The van der Waals surface area contributed by atoms with Crippen LogP contribution in [0.1, 0.15) is 30.4 Å². The van der Waals surface area contributed by atoms with Gasteiger partial charge < -0.3 is 4.90 Å². The number of hydrogen-bond acceptors (Lipinski definition) is 4. The summed E-state index contributed by atoms with van der Waals surface area (Å²) in [5.74, 6) is 2.67. The van der Waals surface area contributed by atoms with Crippen molar-refractivity contribution in [3.63, 3.8) is 0 Å². The van der Waals surface area contributed by atoms with E-state index in [2.05, 4.69) is 44.0 Å². The minimum absolute atomic E-state index is 0.746. The smallest absolute Gasteiger partial charge is 0.225 e. The lowest BCUT2D eigenvalue weighted by molar-refractivity contribution is 0.214. The fourth-order valence-corrected chi connectivity index (χ4v) is 5.35. The van der Waals surface area contributed by atoms with Crippen molar-refractivity contribution >= 4 is 5.95 Å². The van der Waals surface area contributed by atoms with Gasteiger partial charge in [-0.2, -0.15) is 0 Å². The Morgan fingerprint density at radius 1 is 0.769 bits per heavy atom. The molecule has 0 spiro atoms. The van der Waals surface area contributed by atoms with E-state index in [1.165, 1.54) is 45.2 Å². The number of hydrogen-bond donors (Lipinski definition) is 0. The molecule has 2 aliphatic heterocycles. The lowest BCUT2D eigenvalue weighted by atomic mass is 9.84. The van der Waals surface area contributed by atoms with Crippen LogP contribution in [0.25, 0.3) is 0 Å². The number of piperidine rings is 1. The van der Waals surface area contributed by atoms with Crippen molar-refractivity contribution < 1.29 is 0 Å². The summed E-state index contributed by atoms with van der Waals surface area (Å²) in [4.78, 5) is 14.0. The molecule has 4 nitrogen and oxygen atoms in total. The van der Waals surface area contributed by atoms with Crippen LogP contribution in [0, 0.1) is 11.8 Å². The molecule has 136 valence electrons. The van der Waals surface area contributed by atoms with Gasteiger partial charge in [0.1, 0.15) is 0 Å². The average Bonchev–Trinajstić information content (AvgIpc) is 3.36. The monoisotopic (exact) mass is 348 g/mol. The third-order valence-corrected chi connectivity index (χ3v) is 6.84. The molecular formula is C22H28N4. The van der Waals surface area contributed by atoms with Gasteiger partial charge in [-0.25, -0.2) is 9.97 Å². The fraction of sp³-hybridized carbons (Fsp3) is 0.545. The predicted octanol–water partition coefficient (Wildman–Crippen LogP) is 3.18. The Morgan fingerprint density at radius 2 is 1.42 bits per heavy atom. The summed E-state index contributed by atoms with van der Waals surface area (Å²) >= 11 is 0. The van der Waals surface area contributed by atoms with Crippen LogP contribution in [0.15, 0.2) is 42.7 Å². The van der Waals surface area contributed by atoms with Crippen LogP contribution in [0.2, 0.25) is 0 Å². The van der Waals surface area contributed by atoms with Gasteiger partial charge in [-0.15, -0.1) is 0 Å². The summed E-state index contributed by atoms with van der Waals surface area (Å²) in [7, 11) is 0. The molecule has 1 aromatic carbocycles. The molecule has 2 saturated heterocycles. The highest BCUT2D eigenvalue weighted by Crippen LogP contribution is 2.35. The number of fused-ring (bicyclic) bond motifs is 1. The standard InChI is InChI=1S/C22H28N4/c1-2-5-19-15-21(14-18(19)4-1)26-13-8-20(16-26)17-6-11-25(12-7-17)22-23-9-3-10-24-22/h1-5,9-10,17,20-21H,6-8,11-16H2/t20-/m1/s1. The largest absolute Gasteiger partial charge is 0.341 e. The molecule has 2 fully saturated rings. The molecule has 1 aromatic heterocycles. The SMILES string of the molecule is c1cnc(N2CCC([C@@H]3CCN(C4Cc5ccccc5C4)C3)CC2)nc1. The first kappa shape index (κ1) is 16.2. The van der Waals surface area contributed by atoms with E-state index >= 15 is 0 Å². The lowest BCUT2D eigenvalue weighted by Crippen LogP contribution is -2.39. The number of aromatic nitrogens is 2. The van der Waals surface area contributed by atoms with E-state index in [0.717, 1.165) is 36.9 Å². The fourth-order valence-electron chi connectivity index (χ4n) is 5.35. The van der Waals surface area contributed by atoms with Crippen molar-refractivity contribution in [2.45, 2.75) is 38.1 Å². The Morgan fingerprint density at radius 3 is 2.12 bits per heavy atom. The van der Waals surface area contributed by atoms with Crippen LogP contribution in [-0.2, 0) is 12.8 Å². The zero-order valence-corrected chi connectivity index (χ0v) is 15.4. The quantitative estimate of drug-likeness (QED) is 0.853. The summed E-state index contributed by atoms with van der Waals surface area (Å²) in [6, 6.07) is 11.7. The Hall–Kier alpha value is -1.94. The van der Waals surface area contributed by atoms with E-state index in [0.29, 0.717) is 0 Å². The van der Waals surface area contributed by atoms with Crippen molar-refractivity contribution in [1.82, 2.24) is 14.9 Å². The van der Waals surface area contributed by atoms with Gasteiger partial charge in [0, 0.05) is 38.1 Å². The molecule has 4 heteroatoms. The Labute approximate surface area is 156 Å². The van der Waals surface area contributed by atoms with E-state index in [1.807, 2.05) is 18.5 Å². The highest BCUT2D eigenvalue weighted by atomic mass is 15.2. The highest BCUT2D eigenvalue weighted by Gasteiger charge is 2.36. The van der Waals surface area contributed by atoms with E-state index in [4.69, 9.17) is 0 Å². The normalized spacial score (nSPS) is 24.9. The molecule has 0 amide bonds. The maximum atomic E-state index is 4.42. The second-order valence-corrected chi connectivity index (χ2v) is 8.25. The molecular weight excluding hydrogens is 320 g/mol. The molecule has 1 aliphatic carbocycles. The van der Waals surface area contributed by atoms with Gasteiger partial charge in [0.05, 0.1) is 0 Å². The van der Waals surface area contributed by atoms with Gasteiger partial charge in [-0.05, 0) is 67.7 Å². The van der Waals surface area contributed by atoms with Crippen LogP contribution in [0.3, 0.4) is 0 Å². The summed E-state index contributed by atoms with van der Waals surface area (Å²) in [6.07, 6.45) is 10.2. The van der Waals surface area contributed by atoms with Gasteiger partial charge in [-0.3, -0.25) is 4.90 Å². The third kappa shape index (κ3) is 3.11. The van der Waals surface area contributed by atoms with Crippen molar-refractivity contribution in [1.29, 1.82) is 0 Å². The summed E-state index contributed by atoms with van der Waals surface area (Å²) in [5, 5.41) is 0. The second kappa shape index (κ2) is 6.99. The molecule has 3 aliphatic rings. The maximum absolute atomic E-state index is 4.42. The Balaban J connectivity index is 1.15. The topological polar surface area (TPSA) is 32.3 Å². The van der Waals surface area contributed by atoms with Gasteiger partial charge in [0.15, 0.2) is 0 Å². The van der Waals surface area contributed by atoms with Crippen LogP contribution in [-0.4, -0.2) is 47.1 Å². The van der Waals surface area contributed by atoms with Crippen LogP contribution < -0.4 is 4.90 Å².